The largest absolute Gasteiger partial charge is 1.00 e. The van der Waals surface area contributed by atoms with E-state index in [1.54, 1.807) is 5.69 Å². The number of nitrogens with zero attached hydrogens (tertiary/aromatic N) is 1. The van der Waals surface area contributed by atoms with Gasteiger partial charge in [-0.1, -0.05) is 102 Å². The second-order valence-corrected chi connectivity index (χ2v) is 9.66. The molecule has 2 rings (SSSR count). The maximum atomic E-state index is 2.60. The van der Waals surface area contributed by atoms with Crippen molar-refractivity contribution in [3.63, 3.8) is 0 Å². The van der Waals surface area contributed by atoms with Gasteiger partial charge in [-0.25, -0.2) is 0 Å². The third-order valence-corrected chi connectivity index (χ3v) is 7.05. The maximum Gasteiger partial charge on any atom is 0.189 e. The normalized spacial score (nSPS) is 13.2. The van der Waals surface area contributed by atoms with Gasteiger partial charge in [0.05, 0.1) is 0 Å². The third-order valence-electron chi connectivity index (χ3n) is 7.05. The van der Waals surface area contributed by atoms with Crippen LogP contribution in [0.1, 0.15) is 138 Å². The molecule has 0 unspecified atom stereocenters. The van der Waals surface area contributed by atoms with Crippen molar-refractivity contribution in [3.05, 3.63) is 40.2 Å². The van der Waals surface area contributed by atoms with Crippen molar-refractivity contribution in [3.8, 4) is 0 Å². The van der Waals surface area contributed by atoms with E-state index in [0.717, 1.165) is 0 Å². The average Bonchev–Trinajstić information content (AvgIpc) is 3.26. The molecule has 2 heteroatoms. The molecule has 0 fully saturated rings. The summed E-state index contributed by atoms with van der Waals surface area (Å²) in [6.07, 6.45) is 31.3. The highest BCUT2D eigenvalue weighted by atomic mass is 35.5. The van der Waals surface area contributed by atoms with Crippen molar-refractivity contribution in [2.24, 2.45) is 0 Å². The van der Waals surface area contributed by atoms with E-state index >= 15 is 0 Å². The van der Waals surface area contributed by atoms with Crippen LogP contribution in [0.4, 0.5) is 0 Å². The van der Waals surface area contributed by atoms with Crippen molar-refractivity contribution in [1.82, 2.24) is 0 Å². The number of allylic oxidation sites excluding steroid dienone is 2. The number of fused-ring (bicyclic) bond motifs is 1. The molecule has 1 aromatic heterocycles. The van der Waals surface area contributed by atoms with Gasteiger partial charge >= 0.3 is 0 Å². The van der Waals surface area contributed by atoms with Crippen LogP contribution in [0.2, 0.25) is 0 Å². The van der Waals surface area contributed by atoms with Gasteiger partial charge in [0, 0.05) is 30.9 Å². The van der Waals surface area contributed by atoms with Crippen molar-refractivity contribution < 1.29 is 17.0 Å². The van der Waals surface area contributed by atoms with Gasteiger partial charge in [-0.15, -0.1) is 0 Å². The number of aromatic nitrogens is 1. The molecule has 1 nitrogen and oxygen atoms in total. The van der Waals surface area contributed by atoms with E-state index in [1.165, 1.54) is 132 Å². The van der Waals surface area contributed by atoms with Crippen LogP contribution in [0.5, 0.6) is 0 Å². The Kier molecular flexibility index (Phi) is 15.7. The summed E-state index contributed by atoms with van der Waals surface area (Å²) in [6.45, 7) is 10.5. The van der Waals surface area contributed by atoms with Crippen LogP contribution in [0.25, 0.3) is 12.2 Å². The highest BCUT2D eigenvalue weighted by Gasteiger charge is 2.28. The summed E-state index contributed by atoms with van der Waals surface area (Å²) >= 11 is 0. The lowest BCUT2D eigenvalue weighted by Gasteiger charge is -2.11. The summed E-state index contributed by atoms with van der Waals surface area (Å²) in [5, 5.41) is 0. The molecule has 0 aromatic carbocycles. The Morgan fingerprint density at radius 2 is 1.19 bits per heavy atom. The Morgan fingerprint density at radius 1 is 0.688 bits per heavy atom. The van der Waals surface area contributed by atoms with Gasteiger partial charge in [0.25, 0.3) is 0 Å². The van der Waals surface area contributed by atoms with Crippen LogP contribution in [0.15, 0.2) is 12.2 Å². The smallest absolute Gasteiger partial charge is 0.189 e. The standard InChI is InChI=1S/C30H50N.ClH/c1-5-7-9-11-13-15-17-19-22-28-26(3)29(30-24-21-25-31(30)27(28)4)23-20-18-16-14-12-10-8-6-2;/h19-20,22-23H,5-18,21,24-25H2,1-4H3;1H/q+1;/p-1/b22-19+,23-20+;. The first kappa shape index (κ1) is 29.0. The monoisotopic (exact) mass is 459 g/mol. The second kappa shape index (κ2) is 17.4. The molecule has 0 aliphatic carbocycles. The molecular weight excluding hydrogens is 410 g/mol. The van der Waals surface area contributed by atoms with Gasteiger partial charge < -0.3 is 12.4 Å². The van der Waals surface area contributed by atoms with E-state index in [0.29, 0.717) is 0 Å². The topological polar surface area (TPSA) is 3.88 Å². The Balaban J connectivity index is 0.00000512. The van der Waals surface area contributed by atoms with Gasteiger partial charge in [0.15, 0.2) is 11.4 Å². The summed E-state index contributed by atoms with van der Waals surface area (Å²) in [5.74, 6) is 0. The molecule has 32 heavy (non-hydrogen) atoms. The van der Waals surface area contributed by atoms with Gasteiger partial charge in [-0.2, -0.15) is 4.57 Å². The lowest BCUT2D eigenvalue weighted by Crippen LogP contribution is -3.00. The summed E-state index contributed by atoms with van der Waals surface area (Å²) in [5.41, 5.74) is 7.51. The van der Waals surface area contributed by atoms with E-state index in [9.17, 15) is 0 Å². The van der Waals surface area contributed by atoms with Crippen LogP contribution in [-0.2, 0) is 13.0 Å². The van der Waals surface area contributed by atoms with E-state index in [4.69, 9.17) is 0 Å². The molecule has 0 bridgehead atoms. The van der Waals surface area contributed by atoms with Gasteiger partial charge in [-0.05, 0) is 38.2 Å². The zero-order valence-electron chi connectivity index (χ0n) is 21.7. The molecular formula is C30H50ClN. The molecule has 0 atom stereocenters. The van der Waals surface area contributed by atoms with Crippen molar-refractivity contribution in [2.45, 2.75) is 137 Å². The predicted octanol–water partition coefficient (Wildman–Crippen LogP) is 6.07. The van der Waals surface area contributed by atoms with E-state index in [1.807, 2.05) is 0 Å². The first-order chi connectivity index (χ1) is 15.2. The Bertz CT molecular complexity index is 702. The lowest BCUT2D eigenvalue weighted by atomic mass is 9.97. The molecule has 0 radical (unpaired) electrons. The molecule has 182 valence electrons. The SMILES string of the molecule is CCCCCCCC/C=C/c1c(C)c(/C=C/CCCCCCCC)c2[n+](c1C)CCC2.[Cl-]. The van der Waals surface area contributed by atoms with Crippen LogP contribution in [0.3, 0.4) is 0 Å². The molecule has 1 aliphatic rings. The Morgan fingerprint density at radius 3 is 1.75 bits per heavy atom. The summed E-state index contributed by atoms with van der Waals surface area (Å²) in [4.78, 5) is 0. The molecule has 1 aromatic rings. The molecule has 0 N–H and O–H groups in total. The quantitative estimate of drug-likeness (QED) is 0.208. The highest BCUT2D eigenvalue weighted by molar-refractivity contribution is 5.64. The molecule has 2 heterocycles. The minimum absolute atomic E-state index is 0. The summed E-state index contributed by atoms with van der Waals surface area (Å²) in [6, 6.07) is 0. The molecule has 1 aliphatic heterocycles. The van der Waals surface area contributed by atoms with Crippen molar-refractivity contribution in [2.75, 3.05) is 0 Å². The number of rotatable bonds is 16. The minimum atomic E-state index is 0. The fraction of sp³-hybridized carbons (Fsp3) is 0.700. The maximum absolute atomic E-state index is 2.60. The van der Waals surface area contributed by atoms with Gasteiger partial charge in [0.1, 0.15) is 6.54 Å². The predicted molar refractivity (Wildman–Crippen MR) is 138 cm³/mol. The number of hydrogen-bond donors (Lipinski definition) is 0. The summed E-state index contributed by atoms with van der Waals surface area (Å²) in [7, 11) is 0. The molecule has 0 spiro atoms. The van der Waals surface area contributed by atoms with E-state index in [2.05, 4.69) is 56.6 Å². The van der Waals surface area contributed by atoms with Crippen LogP contribution in [-0.4, -0.2) is 0 Å². The first-order valence-corrected chi connectivity index (χ1v) is 13.6. The Hall–Kier alpha value is -1.08. The molecule has 0 amide bonds. The van der Waals surface area contributed by atoms with Crippen LogP contribution in [0, 0.1) is 13.8 Å². The second-order valence-electron chi connectivity index (χ2n) is 9.66. The first-order valence-electron chi connectivity index (χ1n) is 13.6. The van der Waals surface area contributed by atoms with Crippen molar-refractivity contribution in [1.29, 1.82) is 0 Å². The van der Waals surface area contributed by atoms with Gasteiger partial charge in [-0.3, -0.25) is 0 Å². The van der Waals surface area contributed by atoms with Crippen LogP contribution < -0.4 is 17.0 Å². The number of hydrogen-bond acceptors (Lipinski definition) is 0. The minimum Gasteiger partial charge on any atom is -1.00 e. The fourth-order valence-electron chi connectivity index (χ4n) is 5.06. The molecule has 0 saturated carbocycles. The lowest BCUT2D eigenvalue weighted by molar-refractivity contribution is -0.696. The zero-order chi connectivity index (χ0) is 22.3. The number of pyridine rings is 1. The third kappa shape index (κ3) is 9.42. The van der Waals surface area contributed by atoms with E-state index < -0.39 is 0 Å². The number of halogens is 1. The van der Waals surface area contributed by atoms with Gasteiger partial charge in [0.2, 0.25) is 0 Å². The average molecular weight is 460 g/mol. The van der Waals surface area contributed by atoms with E-state index in [-0.39, 0.29) is 12.4 Å². The van der Waals surface area contributed by atoms with Crippen molar-refractivity contribution >= 4 is 12.2 Å². The van der Waals surface area contributed by atoms with Crippen LogP contribution >= 0.6 is 0 Å². The molecule has 0 saturated heterocycles. The number of unbranched alkanes of at least 4 members (excludes halogenated alkanes) is 12. The Labute approximate surface area is 206 Å². The highest BCUT2D eigenvalue weighted by Crippen LogP contribution is 2.26. The summed E-state index contributed by atoms with van der Waals surface area (Å²) < 4.78 is 2.60. The fourth-order valence-corrected chi connectivity index (χ4v) is 5.06. The zero-order valence-corrected chi connectivity index (χ0v) is 22.4.